The fraction of sp³-hybridized carbons (Fsp3) is 0.167. The Kier molecular flexibility index (Phi) is 7.50. The number of aromatic nitrogens is 2. The van der Waals surface area contributed by atoms with Gasteiger partial charge in [0.15, 0.2) is 11.7 Å². The molecule has 2 aromatic heterocycles. The highest BCUT2D eigenvalue weighted by atomic mass is 35.5. The van der Waals surface area contributed by atoms with Gasteiger partial charge in [-0.1, -0.05) is 11.6 Å². The molecule has 13 heteroatoms. The normalized spacial score (nSPS) is 10.8. The van der Waals surface area contributed by atoms with Crippen LogP contribution in [0.4, 0.5) is 10.1 Å². The number of rotatable bonds is 8. The zero-order valence-corrected chi connectivity index (χ0v) is 21.1. The Hall–Kier alpha value is -4.29. The number of nitrogens with one attached hydrogen (secondary N) is 1. The number of hydrogen-bond acceptors (Lipinski definition) is 9. The summed E-state index contributed by atoms with van der Waals surface area (Å²) in [5, 5.41) is 14.0. The summed E-state index contributed by atoms with van der Waals surface area (Å²) in [5.41, 5.74) is 2.05. The molecule has 2 aromatic carbocycles. The average molecular weight is 543 g/mol. The number of fused-ring (bicyclic) bond motifs is 1. The second kappa shape index (κ2) is 10.8. The Morgan fingerprint density at radius 2 is 1.92 bits per heavy atom. The molecule has 0 aliphatic rings. The number of nitrogens with zero attached hydrogens (tertiary/aromatic N) is 3. The van der Waals surface area contributed by atoms with Crippen molar-refractivity contribution in [3.63, 3.8) is 0 Å². The number of carbonyl (C=O) groups is 3. The minimum absolute atomic E-state index is 0.0134. The molecule has 0 bridgehead atoms. The molecule has 2 heterocycles. The van der Waals surface area contributed by atoms with Crippen molar-refractivity contribution in [1.82, 2.24) is 9.55 Å². The minimum Gasteiger partial charge on any atom is -0.497 e. The van der Waals surface area contributed by atoms with Crippen molar-refractivity contribution in [2.45, 2.75) is 13.3 Å². The predicted octanol–water partition coefficient (Wildman–Crippen LogP) is 4.39. The van der Waals surface area contributed by atoms with Gasteiger partial charge in [-0.3, -0.25) is 34.4 Å². The first kappa shape index (κ1) is 25.8. The van der Waals surface area contributed by atoms with Gasteiger partial charge in [0.1, 0.15) is 11.9 Å². The number of esters is 1. The highest BCUT2D eigenvalue weighted by Crippen LogP contribution is 2.31. The number of halogens is 1. The van der Waals surface area contributed by atoms with E-state index in [2.05, 4.69) is 10.3 Å². The second-order valence-electron chi connectivity index (χ2n) is 7.74. The molecular formula is C24H19ClN4O7S. The lowest BCUT2D eigenvalue weighted by atomic mass is 10.1. The van der Waals surface area contributed by atoms with Gasteiger partial charge >= 0.3 is 11.0 Å². The van der Waals surface area contributed by atoms with Gasteiger partial charge in [-0.2, -0.15) is 0 Å². The minimum atomic E-state index is -0.704. The van der Waals surface area contributed by atoms with Crippen molar-refractivity contribution in [3.8, 4) is 5.75 Å². The molecule has 0 saturated heterocycles. The van der Waals surface area contributed by atoms with Crippen LogP contribution in [0.1, 0.15) is 21.6 Å². The van der Waals surface area contributed by atoms with E-state index in [4.69, 9.17) is 21.1 Å². The van der Waals surface area contributed by atoms with Crippen LogP contribution in [0.3, 0.4) is 0 Å². The molecule has 190 valence electrons. The van der Waals surface area contributed by atoms with Gasteiger partial charge in [-0.25, -0.2) is 4.98 Å². The number of carbonyl (C=O) groups excluding carboxylic acids is 3. The van der Waals surface area contributed by atoms with Crippen LogP contribution in [0.2, 0.25) is 5.02 Å². The molecule has 0 unspecified atom stereocenters. The lowest BCUT2D eigenvalue weighted by molar-refractivity contribution is -0.380. The van der Waals surface area contributed by atoms with E-state index in [9.17, 15) is 24.5 Å². The highest BCUT2D eigenvalue weighted by Gasteiger charge is 2.23. The highest BCUT2D eigenvalue weighted by molar-refractivity contribution is 7.18. The van der Waals surface area contributed by atoms with Crippen molar-refractivity contribution in [2.75, 3.05) is 19.0 Å². The summed E-state index contributed by atoms with van der Waals surface area (Å²) in [6.45, 7) is 1.10. The summed E-state index contributed by atoms with van der Waals surface area (Å²) < 4.78 is 11.9. The molecule has 0 radical (unpaired) electrons. The van der Waals surface area contributed by atoms with E-state index in [-0.39, 0.29) is 22.5 Å². The van der Waals surface area contributed by atoms with Crippen molar-refractivity contribution >= 4 is 61.8 Å². The third-order valence-electron chi connectivity index (χ3n) is 5.44. The van der Waals surface area contributed by atoms with Crippen LogP contribution in [-0.2, 0) is 20.7 Å². The van der Waals surface area contributed by atoms with Crippen LogP contribution >= 0.6 is 22.9 Å². The van der Waals surface area contributed by atoms with E-state index in [0.29, 0.717) is 49.8 Å². The van der Waals surface area contributed by atoms with Crippen LogP contribution in [0.25, 0.3) is 10.9 Å². The smallest absolute Gasteiger partial charge is 0.345 e. The number of thiazole rings is 1. The van der Waals surface area contributed by atoms with Gasteiger partial charge in [-0.05, 0) is 66.3 Å². The number of hydrogen-bond donors (Lipinski definition) is 1. The lowest BCUT2D eigenvalue weighted by Gasteiger charge is -2.08. The first-order valence-electron chi connectivity index (χ1n) is 10.7. The first-order valence-corrected chi connectivity index (χ1v) is 11.9. The van der Waals surface area contributed by atoms with Crippen molar-refractivity contribution < 1.29 is 28.8 Å². The summed E-state index contributed by atoms with van der Waals surface area (Å²) >= 11 is 6.63. The Morgan fingerprint density at radius 3 is 2.57 bits per heavy atom. The number of methoxy groups -OCH3 is 1. The maximum atomic E-state index is 13.4. The Labute approximate surface area is 218 Å². The summed E-state index contributed by atoms with van der Waals surface area (Å²) in [6, 6.07) is 11.6. The van der Waals surface area contributed by atoms with Crippen LogP contribution in [-0.4, -0.2) is 46.0 Å². The molecule has 4 aromatic rings. The quantitative estimate of drug-likeness (QED) is 0.196. The van der Waals surface area contributed by atoms with Crippen molar-refractivity contribution in [2.24, 2.45) is 0 Å². The fourth-order valence-electron chi connectivity index (χ4n) is 3.70. The maximum Gasteiger partial charge on any atom is 0.345 e. The number of ether oxygens (including phenoxy) is 2. The number of nitro groups is 1. The zero-order valence-electron chi connectivity index (χ0n) is 19.5. The van der Waals surface area contributed by atoms with Gasteiger partial charge in [0.2, 0.25) is 0 Å². The van der Waals surface area contributed by atoms with Gasteiger partial charge in [-0.15, -0.1) is 0 Å². The summed E-state index contributed by atoms with van der Waals surface area (Å²) in [4.78, 5) is 52.0. The summed E-state index contributed by atoms with van der Waals surface area (Å²) in [7, 11) is 1.51. The molecule has 0 fully saturated rings. The Bertz CT molecular complexity index is 1530. The van der Waals surface area contributed by atoms with Gasteiger partial charge in [0.05, 0.1) is 24.0 Å². The first-order chi connectivity index (χ1) is 17.7. The van der Waals surface area contributed by atoms with Crippen LogP contribution in [0.15, 0.2) is 48.7 Å². The van der Waals surface area contributed by atoms with E-state index in [1.54, 1.807) is 49.4 Å². The van der Waals surface area contributed by atoms with Gasteiger partial charge < -0.3 is 9.47 Å². The monoisotopic (exact) mass is 542 g/mol. The molecule has 1 N–H and O–H groups in total. The molecule has 0 atom stereocenters. The number of amides is 1. The molecule has 0 spiro atoms. The van der Waals surface area contributed by atoms with Gasteiger partial charge in [0, 0.05) is 21.7 Å². The van der Waals surface area contributed by atoms with E-state index in [1.807, 2.05) is 0 Å². The largest absolute Gasteiger partial charge is 0.497 e. The van der Waals surface area contributed by atoms with Crippen LogP contribution in [0, 0.1) is 17.0 Å². The third kappa shape index (κ3) is 5.60. The predicted molar refractivity (Wildman–Crippen MR) is 136 cm³/mol. The molecule has 0 aliphatic carbocycles. The molecule has 0 aliphatic heterocycles. The number of anilines is 1. The van der Waals surface area contributed by atoms with Crippen LogP contribution < -0.4 is 10.1 Å². The van der Waals surface area contributed by atoms with Crippen molar-refractivity contribution in [1.29, 1.82) is 0 Å². The van der Waals surface area contributed by atoms with Gasteiger partial charge in [0.25, 0.3) is 11.8 Å². The zero-order chi connectivity index (χ0) is 26.7. The van der Waals surface area contributed by atoms with Crippen LogP contribution in [0.5, 0.6) is 5.75 Å². The maximum absolute atomic E-state index is 13.4. The SMILES string of the molecule is COc1ccc2c(c1)c(CC(=O)OCC(=O)Nc1ncc([N+](=O)[O-])s1)c(C)n2C(=O)c1ccc(Cl)cc1. The third-order valence-corrected chi connectivity index (χ3v) is 6.56. The summed E-state index contributed by atoms with van der Waals surface area (Å²) in [5.74, 6) is -1.17. The van der Waals surface area contributed by atoms with E-state index < -0.39 is 23.4 Å². The Balaban J connectivity index is 1.54. The molecule has 4 rings (SSSR count). The van der Waals surface area contributed by atoms with Crippen molar-refractivity contribution in [3.05, 3.63) is 80.6 Å². The second-order valence-corrected chi connectivity index (χ2v) is 9.19. The standard InChI is InChI=1S/C24H19ClN4O7S/c1-13-17(10-22(31)36-12-20(30)27-24-26-11-21(37-24)29(33)34)18-9-16(35-2)7-8-19(18)28(13)23(32)14-3-5-15(25)6-4-14/h3-9,11H,10,12H2,1-2H3,(H,26,27,30). The average Bonchev–Trinajstić information content (AvgIpc) is 3.45. The Morgan fingerprint density at radius 1 is 1.19 bits per heavy atom. The number of benzene rings is 2. The van der Waals surface area contributed by atoms with E-state index in [0.717, 1.165) is 6.20 Å². The van der Waals surface area contributed by atoms with E-state index >= 15 is 0 Å². The van der Waals surface area contributed by atoms with E-state index in [1.165, 1.54) is 11.7 Å². The molecular weight excluding hydrogens is 524 g/mol. The molecule has 1 amide bonds. The lowest BCUT2D eigenvalue weighted by Crippen LogP contribution is -2.21. The summed E-state index contributed by atoms with van der Waals surface area (Å²) in [6.07, 6.45) is 0.802. The topological polar surface area (TPSA) is 143 Å². The fourth-order valence-corrected chi connectivity index (χ4v) is 4.47. The molecule has 0 saturated carbocycles. The molecule has 37 heavy (non-hydrogen) atoms. The molecule has 11 nitrogen and oxygen atoms in total.